The molecule has 11 heteroatoms. The number of benzene rings is 2. The van der Waals surface area contributed by atoms with Crippen LogP contribution in [0.5, 0.6) is 5.75 Å². The highest BCUT2D eigenvalue weighted by Crippen LogP contribution is 2.32. The van der Waals surface area contributed by atoms with Crippen LogP contribution < -0.4 is 9.50 Å². The van der Waals surface area contributed by atoms with Gasteiger partial charge < -0.3 is 9.50 Å². The SMILES string of the molecule is C[C@H](NC(=O)c1cc(Cl)cc(OS(=O)(=O)C2CC2)c1)c1nc2ccccc2nc1-c1ccc(F)cn1. The monoisotopic (exact) mass is 526 g/mol. The molecule has 2 aromatic carbocycles. The molecule has 1 amide bonds. The summed E-state index contributed by atoms with van der Waals surface area (Å²) in [6.45, 7) is 1.73. The van der Waals surface area contributed by atoms with Crippen LogP contribution in [0.25, 0.3) is 22.4 Å². The fraction of sp³-hybridized carbons (Fsp3) is 0.200. The first-order chi connectivity index (χ1) is 17.2. The molecule has 0 saturated heterocycles. The number of para-hydroxylation sites is 2. The minimum Gasteiger partial charge on any atom is -0.382 e. The van der Waals surface area contributed by atoms with E-state index in [0.717, 1.165) is 6.20 Å². The van der Waals surface area contributed by atoms with Gasteiger partial charge in [0.25, 0.3) is 5.91 Å². The molecule has 0 spiro atoms. The first kappa shape index (κ1) is 24.1. The van der Waals surface area contributed by atoms with Gasteiger partial charge in [0.1, 0.15) is 17.3 Å². The Bertz CT molecular complexity index is 1580. The molecule has 1 aliphatic rings. The smallest absolute Gasteiger partial charge is 0.312 e. The van der Waals surface area contributed by atoms with Gasteiger partial charge in [-0.1, -0.05) is 23.7 Å². The lowest BCUT2D eigenvalue weighted by Crippen LogP contribution is -2.28. The number of rotatable bonds is 7. The number of pyridine rings is 1. The molecule has 1 saturated carbocycles. The Balaban J connectivity index is 1.46. The normalized spacial score (nSPS) is 14.4. The van der Waals surface area contributed by atoms with E-state index < -0.39 is 33.1 Å². The van der Waals surface area contributed by atoms with Gasteiger partial charge in [-0.05, 0) is 56.2 Å². The fourth-order valence-corrected chi connectivity index (χ4v) is 5.11. The number of nitrogens with one attached hydrogen (secondary N) is 1. The fourth-order valence-electron chi connectivity index (χ4n) is 3.67. The van der Waals surface area contributed by atoms with E-state index in [1.165, 1.54) is 30.3 Å². The molecule has 36 heavy (non-hydrogen) atoms. The average Bonchev–Trinajstić information content (AvgIpc) is 3.69. The van der Waals surface area contributed by atoms with Crippen LogP contribution in [-0.4, -0.2) is 34.5 Å². The molecule has 2 heterocycles. The second-order valence-corrected chi connectivity index (χ2v) is 10.7. The third kappa shape index (κ3) is 5.14. The third-order valence-corrected chi connectivity index (χ3v) is 7.53. The van der Waals surface area contributed by atoms with Gasteiger partial charge in [-0.2, -0.15) is 8.42 Å². The number of hydrogen-bond donors (Lipinski definition) is 1. The molecular weight excluding hydrogens is 507 g/mol. The molecule has 2 aromatic heterocycles. The summed E-state index contributed by atoms with van der Waals surface area (Å²) in [5.41, 5.74) is 2.57. The van der Waals surface area contributed by atoms with E-state index in [-0.39, 0.29) is 16.3 Å². The molecule has 1 N–H and O–H groups in total. The van der Waals surface area contributed by atoms with Crippen molar-refractivity contribution < 1.29 is 21.8 Å². The van der Waals surface area contributed by atoms with Crippen molar-refractivity contribution in [1.82, 2.24) is 20.3 Å². The molecular formula is C25H20ClFN4O4S. The van der Waals surface area contributed by atoms with E-state index in [1.807, 2.05) is 12.1 Å². The number of nitrogens with zero attached hydrogens (tertiary/aromatic N) is 3. The van der Waals surface area contributed by atoms with Gasteiger partial charge in [-0.15, -0.1) is 0 Å². The highest BCUT2D eigenvalue weighted by molar-refractivity contribution is 7.88. The number of carbonyl (C=O) groups excluding carboxylic acids is 1. The van der Waals surface area contributed by atoms with Crippen molar-refractivity contribution >= 4 is 38.7 Å². The number of hydrogen-bond acceptors (Lipinski definition) is 7. The van der Waals surface area contributed by atoms with Crippen LogP contribution in [0.2, 0.25) is 5.02 Å². The summed E-state index contributed by atoms with van der Waals surface area (Å²) in [6, 6.07) is 13.4. The Hall–Kier alpha value is -3.63. The molecule has 184 valence electrons. The molecule has 0 aliphatic heterocycles. The van der Waals surface area contributed by atoms with Gasteiger partial charge in [-0.25, -0.2) is 14.4 Å². The summed E-state index contributed by atoms with van der Waals surface area (Å²) in [4.78, 5) is 26.6. The van der Waals surface area contributed by atoms with Crippen molar-refractivity contribution in [1.29, 1.82) is 0 Å². The maximum atomic E-state index is 13.5. The first-order valence-electron chi connectivity index (χ1n) is 11.1. The number of fused-ring (bicyclic) bond motifs is 1. The maximum Gasteiger partial charge on any atom is 0.312 e. The van der Waals surface area contributed by atoms with Crippen LogP contribution in [0.3, 0.4) is 0 Å². The van der Waals surface area contributed by atoms with Crippen molar-refractivity contribution in [2.45, 2.75) is 31.1 Å². The predicted octanol–water partition coefficient (Wildman–Crippen LogP) is 4.85. The van der Waals surface area contributed by atoms with Crippen LogP contribution in [0, 0.1) is 5.82 Å². The zero-order valence-corrected chi connectivity index (χ0v) is 20.6. The number of aromatic nitrogens is 3. The molecule has 0 bridgehead atoms. The summed E-state index contributed by atoms with van der Waals surface area (Å²) in [5, 5.41) is 2.47. The number of carbonyl (C=O) groups is 1. The Labute approximate surface area is 211 Å². The van der Waals surface area contributed by atoms with Gasteiger partial charge in [0.15, 0.2) is 0 Å². The molecule has 8 nitrogen and oxygen atoms in total. The van der Waals surface area contributed by atoms with E-state index >= 15 is 0 Å². The molecule has 1 fully saturated rings. The van der Waals surface area contributed by atoms with E-state index in [1.54, 1.807) is 19.1 Å². The topological polar surface area (TPSA) is 111 Å². The van der Waals surface area contributed by atoms with Crippen molar-refractivity contribution in [2.75, 3.05) is 0 Å². The summed E-state index contributed by atoms with van der Waals surface area (Å²) in [5.74, 6) is -1.04. The quantitative estimate of drug-likeness (QED) is 0.343. The summed E-state index contributed by atoms with van der Waals surface area (Å²) in [6.07, 6.45) is 2.18. The molecule has 0 unspecified atom stereocenters. The van der Waals surface area contributed by atoms with Gasteiger partial charge >= 0.3 is 10.1 Å². The van der Waals surface area contributed by atoms with Crippen LogP contribution in [0.1, 0.15) is 41.9 Å². The predicted molar refractivity (Wildman–Crippen MR) is 133 cm³/mol. The number of amides is 1. The highest BCUT2D eigenvalue weighted by Gasteiger charge is 2.38. The van der Waals surface area contributed by atoms with Gasteiger partial charge in [0.05, 0.1) is 39.9 Å². The van der Waals surface area contributed by atoms with Crippen LogP contribution in [-0.2, 0) is 10.1 Å². The molecule has 1 aliphatic carbocycles. The minimum atomic E-state index is -3.77. The zero-order chi connectivity index (χ0) is 25.4. The van der Waals surface area contributed by atoms with Gasteiger partial charge in [0, 0.05) is 16.7 Å². The lowest BCUT2D eigenvalue weighted by molar-refractivity contribution is 0.0939. The van der Waals surface area contributed by atoms with E-state index in [4.69, 9.17) is 15.8 Å². The summed E-state index contributed by atoms with van der Waals surface area (Å²) >= 11 is 6.14. The highest BCUT2D eigenvalue weighted by atomic mass is 35.5. The largest absolute Gasteiger partial charge is 0.382 e. The third-order valence-electron chi connectivity index (χ3n) is 5.60. The Morgan fingerprint density at radius 2 is 1.83 bits per heavy atom. The molecule has 4 aromatic rings. The molecule has 5 rings (SSSR count). The van der Waals surface area contributed by atoms with Crippen molar-refractivity contribution in [3.05, 3.63) is 82.9 Å². The standard InChI is InChI=1S/C25H20ClFN4O4S/c1-14(29-25(32)15-10-16(26)12-18(11-15)35-36(33,34)19-7-8-19)23-24(22-9-6-17(27)13-28-22)31-21-5-3-2-4-20(21)30-23/h2-6,9-14,19H,7-8H2,1H3,(H,29,32)/t14-/m0/s1. The second-order valence-electron chi connectivity index (χ2n) is 8.45. The Kier molecular flexibility index (Phi) is 6.31. The average molecular weight is 527 g/mol. The zero-order valence-electron chi connectivity index (χ0n) is 19.0. The Morgan fingerprint density at radius 1 is 1.11 bits per heavy atom. The van der Waals surface area contributed by atoms with Crippen LogP contribution >= 0.6 is 11.6 Å². The van der Waals surface area contributed by atoms with Crippen LogP contribution in [0.15, 0.2) is 60.8 Å². The van der Waals surface area contributed by atoms with Gasteiger partial charge in [0.2, 0.25) is 0 Å². The summed E-state index contributed by atoms with van der Waals surface area (Å²) in [7, 11) is -3.77. The van der Waals surface area contributed by atoms with E-state index in [2.05, 4.69) is 20.3 Å². The number of halogens is 2. The summed E-state index contributed by atoms with van der Waals surface area (Å²) < 4.78 is 43.1. The van der Waals surface area contributed by atoms with E-state index in [0.29, 0.717) is 41.0 Å². The van der Waals surface area contributed by atoms with Crippen molar-refractivity contribution in [2.24, 2.45) is 0 Å². The lowest BCUT2D eigenvalue weighted by Gasteiger charge is -2.18. The Morgan fingerprint density at radius 3 is 2.50 bits per heavy atom. The maximum absolute atomic E-state index is 13.5. The molecule has 0 radical (unpaired) electrons. The van der Waals surface area contributed by atoms with Gasteiger partial charge in [-0.3, -0.25) is 9.78 Å². The van der Waals surface area contributed by atoms with E-state index in [9.17, 15) is 17.6 Å². The lowest BCUT2D eigenvalue weighted by atomic mass is 10.1. The molecule has 1 atom stereocenters. The second kappa shape index (κ2) is 9.44. The van der Waals surface area contributed by atoms with Crippen molar-refractivity contribution in [3.8, 4) is 17.1 Å². The first-order valence-corrected chi connectivity index (χ1v) is 13.0. The van der Waals surface area contributed by atoms with Crippen molar-refractivity contribution in [3.63, 3.8) is 0 Å². The minimum absolute atomic E-state index is 0.0334. The van der Waals surface area contributed by atoms with Crippen LogP contribution in [0.4, 0.5) is 4.39 Å².